The highest BCUT2D eigenvalue weighted by atomic mass is 16.5. The molecule has 4 atom stereocenters. The summed E-state index contributed by atoms with van der Waals surface area (Å²) in [4.78, 5) is 72.0. The number of benzene rings is 2. The van der Waals surface area contributed by atoms with E-state index in [1.165, 1.54) is 14.2 Å². The van der Waals surface area contributed by atoms with Crippen LogP contribution in [0.5, 0.6) is 0 Å². The number of rotatable bonds is 9. The maximum Gasteiger partial charge on any atom is 0.306 e. The first-order valence-corrected chi connectivity index (χ1v) is 18.5. The molecule has 0 radical (unpaired) electrons. The van der Waals surface area contributed by atoms with Gasteiger partial charge >= 0.3 is 11.9 Å². The molecule has 4 heterocycles. The normalized spacial score (nSPS) is 18.6. The number of methoxy groups -OCH3 is 2. The largest absolute Gasteiger partial charge is 0.469 e. The van der Waals surface area contributed by atoms with Crippen molar-refractivity contribution in [1.29, 1.82) is 0 Å². The third kappa shape index (κ3) is 8.09. The van der Waals surface area contributed by atoms with Crippen LogP contribution in [0.15, 0.2) is 36.4 Å². The van der Waals surface area contributed by atoms with E-state index in [0.29, 0.717) is 13.1 Å². The van der Waals surface area contributed by atoms with E-state index < -0.39 is 17.3 Å². The number of aromatic nitrogens is 4. The van der Waals surface area contributed by atoms with Gasteiger partial charge in [-0.2, -0.15) is 0 Å². The molecular formula is C41H50N6O6. The fraction of sp³-hybridized carbons (Fsp3) is 0.512. The molecule has 2 amide bonds. The molecule has 0 bridgehead atoms. The number of imidazole rings is 2. The molecule has 12 heteroatoms. The van der Waals surface area contributed by atoms with E-state index in [-0.39, 0.29) is 54.6 Å². The lowest BCUT2D eigenvalue weighted by atomic mass is 9.77. The number of nitrogens with zero attached hydrogens (tertiary/aromatic N) is 4. The first kappa shape index (κ1) is 37.6. The third-order valence-corrected chi connectivity index (χ3v) is 10.7. The number of H-pyrrole nitrogens is 2. The molecule has 2 aromatic carbocycles. The Kier molecular flexibility index (Phi) is 10.9. The standard InChI is InChI=1S/C41H50N6O6/c1-24(2)27(22-35(48)52-6)39(50)46-18-8-10-33(46)37-42-29-16-14-25(20-31(29)44-37)12-13-26-15-17-30-32(21-26)45-38(43-30)34-11-9-19-47(34)40(51)28(41(3,4)5)23-36(49)53-7/h14-17,20-21,24,27-28,33-34H,8-11,18-19,22-23H2,1-7H3,(H,42,44)(H,43,45)/t27-,28+,33-,34-/m0/s1. The van der Waals surface area contributed by atoms with Crippen molar-refractivity contribution in [3.05, 3.63) is 59.2 Å². The fourth-order valence-corrected chi connectivity index (χ4v) is 7.60. The molecule has 4 aromatic rings. The Morgan fingerprint density at radius 1 is 0.774 bits per heavy atom. The zero-order valence-corrected chi connectivity index (χ0v) is 31.7. The zero-order chi connectivity index (χ0) is 38.0. The highest BCUT2D eigenvalue weighted by molar-refractivity contribution is 5.86. The predicted molar refractivity (Wildman–Crippen MR) is 200 cm³/mol. The number of carbonyl (C=O) groups is 4. The Morgan fingerprint density at radius 3 is 1.70 bits per heavy atom. The highest BCUT2D eigenvalue weighted by Crippen LogP contribution is 2.38. The monoisotopic (exact) mass is 722 g/mol. The molecule has 12 nitrogen and oxygen atoms in total. The number of ether oxygens (including phenoxy) is 2. The van der Waals surface area contributed by atoms with Gasteiger partial charge in [-0.15, -0.1) is 0 Å². The number of aromatic amines is 2. The van der Waals surface area contributed by atoms with Crippen LogP contribution in [0.4, 0.5) is 0 Å². The molecule has 280 valence electrons. The number of nitrogens with one attached hydrogen (secondary N) is 2. The van der Waals surface area contributed by atoms with Crippen molar-refractivity contribution in [3.63, 3.8) is 0 Å². The van der Waals surface area contributed by atoms with Crippen molar-refractivity contribution in [1.82, 2.24) is 29.7 Å². The van der Waals surface area contributed by atoms with Crippen molar-refractivity contribution in [2.75, 3.05) is 27.3 Å². The molecule has 0 spiro atoms. The van der Waals surface area contributed by atoms with E-state index in [1.807, 2.05) is 80.8 Å². The molecule has 2 aliphatic rings. The van der Waals surface area contributed by atoms with Gasteiger partial charge in [0.1, 0.15) is 11.6 Å². The molecule has 0 unspecified atom stereocenters. The summed E-state index contributed by atoms with van der Waals surface area (Å²) >= 11 is 0. The number of likely N-dealkylation sites (tertiary alicyclic amines) is 2. The summed E-state index contributed by atoms with van der Waals surface area (Å²) in [5.74, 6) is 6.19. The Morgan fingerprint density at radius 2 is 1.25 bits per heavy atom. The number of esters is 2. The van der Waals surface area contributed by atoms with Gasteiger partial charge in [0, 0.05) is 24.2 Å². The van der Waals surface area contributed by atoms with Crippen LogP contribution in [-0.2, 0) is 28.7 Å². The average molecular weight is 723 g/mol. The maximum atomic E-state index is 13.8. The van der Waals surface area contributed by atoms with Crippen LogP contribution in [0.1, 0.15) is 108 Å². The Balaban J connectivity index is 1.18. The van der Waals surface area contributed by atoms with Crippen LogP contribution >= 0.6 is 0 Å². The number of hydrogen-bond donors (Lipinski definition) is 2. The minimum Gasteiger partial charge on any atom is -0.469 e. The van der Waals surface area contributed by atoms with Crippen LogP contribution in [-0.4, -0.2) is 80.8 Å². The molecule has 2 fully saturated rings. The summed E-state index contributed by atoms with van der Waals surface area (Å²) in [5, 5.41) is 0. The second kappa shape index (κ2) is 15.4. The second-order valence-electron chi connectivity index (χ2n) is 15.7. The Hall–Kier alpha value is -5.18. The van der Waals surface area contributed by atoms with Crippen molar-refractivity contribution >= 4 is 45.8 Å². The first-order valence-electron chi connectivity index (χ1n) is 18.5. The average Bonchev–Trinajstić information content (AvgIpc) is 3.95. The second-order valence-corrected chi connectivity index (χ2v) is 15.7. The lowest BCUT2D eigenvalue weighted by molar-refractivity contribution is -0.150. The van der Waals surface area contributed by atoms with Gasteiger partial charge in [-0.05, 0) is 73.4 Å². The van der Waals surface area contributed by atoms with Crippen LogP contribution < -0.4 is 0 Å². The van der Waals surface area contributed by atoms with Gasteiger partial charge in [-0.3, -0.25) is 19.2 Å². The predicted octanol–water partition coefficient (Wildman–Crippen LogP) is 6.23. The van der Waals surface area contributed by atoms with Crippen molar-refractivity contribution in [2.24, 2.45) is 23.2 Å². The molecule has 2 N–H and O–H groups in total. The molecular weight excluding hydrogens is 672 g/mol. The molecule has 2 aromatic heterocycles. The maximum absolute atomic E-state index is 13.8. The van der Waals surface area contributed by atoms with Crippen LogP contribution in [0.3, 0.4) is 0 Å². The van der Waals surface area contributed by atoms with E-state index in [0.717, 1.165) is 70.5 Å². The van der Waals surface area contributed by atoms with Gasteiger partial charge in [-0.1, -0.05) is 46.5 Å². The highest BCUT2D eigenvalue weighted by Gasteiger charge is 2.41. The molecule has 2 aliphatic heterocycles. The number of amides is 2. The summed E-state index contributed by atoms with van der Waals surface area (Å²) in [5.41, 5.74) is 4.49. The zero-order valence-electron chi connectivity index (χ0n) is 31.7. The SMILES string of the molecule is COC(=O)C[C@H](C(=O)N1CCC[C@H]1c1nc2ccc(C#Cc3ccc4nc([C@@H]5CCCN5C(=O)[C@@H](CC(=O)OC)C(C)(C)C)[nH]c4c3)cc2[nH]1)C(C)C. The van der Waals surface area contributed by atoms with E-state index in [9.17, 15) is 19.2 Å². The third-order valence-electron chi connectivity index (χ3n) is 10.7. The number of hydrogen-bond acceptors (Lipinski definition) is 8. The van der Waals surface area contributed by atoms with Gasteiger partial charge in [-0.25, -0.2) is 9.97 Å². The van der Waals surface area contributed by atoms with Gasteiger partial charge in [0.25, 0.3) is 0 Å². The quantitative estimate of drug-likeness (QED) is 0.153. The number of carbonyl (C=O) groups excluding carboxylic acids is 4. The van der Waals surface area contributed by atoms with Crippen LogP contribution in [0.25, 0.3) is 22.1 Å². The summed E-state index contributed by atoms with van der Waals surface area (Å²) < 4.78 is 9.77. The molecule has 6 rings (SSSR count). The van der Waals surface area contributed by atoms with Crippen molar-refractivity contribution in [2.45, 2.75) is 85.2 Å². The Bertz CT molecular complexity index is 2080. The fourth-order valence-electron chi connectivity index (χ4n) is 7.60. The van der Waals surface area contributed by atoms with Crippen molar-refractivity contribution < 1.29 is 28.7 Å². The summed E-state index contributed by atoms with van der Waals surface area (Å²) in [7, 11) is 2.70. The molecule has 0 saturated carbocycles. The van der Waals surface area contributed by atoms with Gasteiger partial charge in [0.15, 0.2) is 0 Å². The minimum absolute atomic E-state index is 0.00378. The van der Waals surface area contributed by atoms with Crippen molar-refractivity contribution in [3.8, 4) is 11.8 Å². The summed E-state index contributed by atoms with van der Waals surface area (Å²) in [6.45, 7) is 11.1. The van der Waals surface area contributed by atoms with Gasteiger partial charge in [0.05, 0.1) is 73.0 Å². The molecule has 2 saturated heterocycles. The summed E-state index contributed by atoms with van der Waals surface area (Å²) in [6, 6.07) is 11.3. The number of fused-ring (bicyclic) bond motifs is 2. The van der Waals surface area contributed by atoms with E-state index in [1.54, 1.807) is 0 Å². The smallest absolute Gasteiger partial charge is 0.306 e. The van der Waals surface area contributed by atoms with E-state index in [2.05, 4.69) is 21.8 Å². The van der Waals surface area contributed by atoms with Crippen LogP contribution in [0, 0.1) is 35.0 Å². The van der Waals surface area contributed by atoms with Gasteiger partial charge in [0.2, 0.25) is 11.8 Å². The summed E-state index contributed by atoms with van der Waals surface area (Å²) in [6.07, 6.45) is 3.40. The van der Waals surface area contributed by atoms with E-state index in [4.69, 9.17) is 19.4 Å². The van der Waals surface area contributed by atoms with E-state index >= 15 is 0 Å². The first-order chi connectivity index (χ1) is 25.3. The van der Waals surface area contributed by atoms with Crippen LogP contribution in [0.2, 0.25) is 0 Å². The van der Waals surface area contributed by atoms with Gasteiger partial charge < -0.3 is 29.2 Å². The lowest BCUT2D eigenvalue weighted by Gasteiger charge is -2.34. The Labute approximate surface area is 310 Å². The topological polar surface area (TPSA) is 151 Å². The molecule has 0 aliphatic carbocycles. The molecule has 53 heavy (non-hydrogen) atoms. The lowest BCUT2D eigenvalue weighted by Crippen LogP contribution is -2.42. The minimum atomic E-state index is -0.502.